The fraction of sp³-hybridized carbons (Fsp3) is 0.826. The fourth-order valence-electron chi connectivity index (χ4n) is 6.92. The van der Waals surface area contributed by atoms with Gasteiger partial charge in [-0.2, -0.15) is 0 Å². The van der Waals surface area contributed by atoms with E-state index in [4.69, 9.17) is 4.74 Å². The second-order valence-corrected chi connectivity index (χ2v) is 9.70. The molecule has 1 aliphatic carbocycles. The number of hydrogen-bond acceptors (Lipinski definition) is 1. The Hall–Kier alpha value is -0.720. The molecule has 0 saturated carbocycles. The molecule has 0 aromatic heterocycles. The minimum absolute atomic E-state index is 0.126. The highest BCUT2D eigenvalue weighted by Crippen LogP contribution is 2.66. The summed E-state index contributed by atoms with van der Waals surface area (Å²) in [5, 5.41) is 0. The molecule has 0 bridgehead atoms. The Labute approximate surface area is 150 Å². The third kappa shape index (κ3) is 2.33. The van der Waals surface area contributed by atoms with Crippen molar-refractivity contribution in [2.45, 2.75) is 74.8 Å². The molecule has 24 heavy (non-hydrogen) atoms. The van der Waals surface area contributed by atoms with E-state index >= 15 is 0 Å². The van der Waals surface area contributed by atoms with Crippen LogP contribution in [0, 0.1) is 46.8 Å². The van der Waals surface area contributed by atoms with Crippen molar-refractivity contribution in [3.8, 4) is 0 Å². The van der Waals surface area contributed by atoms with Crippen LogP contribution in [0.4, 0.5) is 0 Å². The van der Waals surface area contributed by atoms with Crippen LogP contribution in [0.3, 0.4) is 0 Å². The van der Waals surface area contributed by atoms with Gasteiger partial charge in [0.1, 0.15) is 11.4 Å². The second kappa shape index (κ2) is 6.54. The van der Waals surface area contributed by atoms with Crippen LogP contribution in [0.5, 0.6) is 0 Å². The summed E-state index contributed by atoms with van der Waals surface area (Å²) in [6.45, 7) is 24.1. The number of hydrogen-bond donors (Lipinski definition) is 0. The Balaban J connectivity index is 2.85. The minimum Gasteiger partial charge on any atom is -0.490 e. The van der Waals surface area contributed by atoms with Gasteiger partial charge in [0.15, 0.2) is 0 Å². The molecule has 1 saturated heterocycles. The highest BCUT2D eigenvalue weighted by Gasteiger charge is 2.68. The number of fused-ring (bicyclic) bond motifs is 1. The highest BCUT2D eigenvalue weighted by atomic mass is 16.5. The van der Waals surface area contributed by atoms with Gasteiger partial charge in [0.25, 0.3) is 0 Å². The quantitative estimate of drug-likeness (QED) is 0.543. The van der Waals surface area contributed by atoms with Gasteiger partial charge in [-0.05, 0) is 41.6 Å². The van der Waals surface area contributed by atoms with Crippen molar-refractivity contribution in [1.82, 2.24) is 0 Å². The van der Waals surface area contributed by atoms with E-state index < -0.39 is 0 Å². The van der Waals surface area contributed by atoms with E-state index in [1.54, 1.807) is 0 Å². The Bertz CT molecular complexity index is 488. The lowest BCUT2D eigenvalue weighted by atomic mass is 9.43. The molecule has 1 aliphatic heterocycles. The van der Waals surface area contributed by atoms with E-state index in [0.717, 1.165) is 0 Å². The number of allylic oxidation sites excluding steroid dienone is 3. The maximum absolute atomic E-state index is 7.04. The lowest BCUT2D eigenvalue weighted by molar-refractivity contribution is -0.269. The molecule has 2 rings (SSSR count). The van der Waals surface area contributed by atoms with E-state index in [2.05, 4.69) is 87.5 Å². The lowest BCUT2D eigenvalue weighted by Gasteiger charge is -2.67. The van der Waals surface area contributed by atoms with E-state index in [1.165, 1.54) is 5.76 Å². The fourth-order valence-corrected chi connectivity index (χ4v) is 6.92. The predicted molar refractivity (Wildman–Crippen MR) is 105 cm³/mol. The first-order valence-electron chi connectivity index (χ1n) is 10.1. The van der Waals surface area contributed by atoms with Crippen LogP contribution in [-0.4, -0.2) is 5.60 Å². The Morgan fingerprint density at radius 3 is 1.67 bits per heavy atom. The van der Waals surface area contributed by atoms with Gasteiger partial charge in [0, 0.05) is 11.3 Å². The largest absolute Gasteiger partial charge is 0.490 e. The molecule has 2 unspecified atom stereocenters. The zero-order valence-electron chi connectivity index (χ0n) is 17.7. The van der Waals surface area contributed by atoms with E-state index in [-0.39, 0.29) is 11.0 Å². The van der Waals surface area contributed by atoms with Crippen molar-refractivity contribution in [2.75, 3.05) is 0 Å². The summed E-state index contributed by atoms with van der Waals surface area (Å²) in [7, 11) is 0. The van der Waals surface area contributed by atoms with Crippen molar-refractivity contribution in [3.63, 3.8) is 0 Å². The first-order chi connectivity index (χ1) is 11.0. The smallest absolute Gasteiger partial charge is 0.119 e. The highest BCUT2D eigenvalue weighted by molar-refractivity contribution is 5.31. The molecule has 0 amide bonds. The average molecular weight is 333 g/mol. The molecule has 1 nitrogen and oxygen atoms in total. The number of rotatable bonds is 5. The zero-order chi connectivity index (χ0) is 18.4. The summed E-state index contributed by atoms with van der Waals surface area (Å²) in [6, 6.07) is 0. The first kappa shape index (κ1) is 19.6. The summed E-state index contributed by atoms with van der Waals surface area (Å²) < 4.78 is 7.04. The molecule has 138 valence electrons. The second-order valence-electron chi connectivity index (χ2n) is 9.70. The van der Waals surface area contributed by atoms with Gasteiger partial charge in [-0.3, -0.25) is 0 Å². The Kier molecular flexibility index (Phi) is 5.34. The Morgan fingerprint density at radius 2 is 1.29 bits per heavy atom. The maximum atomic E-state index is 7.04. The van der Waals surface area contributed by atoms with Crippen LogP contribution in [0.15, 0.2) is 24.0 Å². The summed E-state index contributed by atoms with van der Waals surface area (Å²) in [6.07, 6.45) is 6.84. The van der Waals surface area contributed by atoms with Crippen molar-refractivity contribution < 1.29 is 4.74 Å². The van der Waals surface area contributed by atoms with Crippen LogP contribution < -0.4 is 0 Å². The van der Waals surface area contributed by atoms with Gasteiger partial charge in [-0.25, -0.2) is 0 Å². The molecule has 0 aromatic carbocycles. The van der Waals surface area contributed by atoms with Crippen molar-refractivity contribution in [2.24, 2.45) is 46.8 Å². The van der Waals surface area contributed by atoms with Crippen molar-refractivity contribution in [3.05, 3.63) is 24.0 Å². The van der Waals surface area contributed by atoms with Crippen LogP contribution in [0.2, 0.25) is 0 Å². The van der Waals surface area contributed by atoms with Crippen molar-refractivity contribution in [1.29, 1.82) is 0 Å². The molecule has 2 atom stereocenters. The monoisotopic (exact) mass is 332 g/mol. The normalized spacial score (nSPS) is 28.0. The van der Waals surface area contributed by atoms with Crippen LogP contribution in [0.1, 0.15) is 69.2 Å². The molecular formula is C23H40O. The SMILES string of the molecule is CC(C)C1C2C=CC=C2OC(C(C)C)(C(C)C)C1(C(C)C)C(C)C. The third-order valence-electron chi connectivity index (χ3n) is 7.15. The number of ether oxygens (including phenoxy) is 1. The minimum atomic E-state index is -0.126. The van der Waals surface area contributed by atoms with Crippen LogP contribution >= 0.6 is 0 Å². The standard InChI is InChI=1S/C23H40O/c1-14(2)21-19-12-11-13-20(19)24-23(17(7)8,18(9)10)22(21,15(3)4)16(5)6/h11-19,21H,1-10H3. The molecule has 2 aliphatic rings. The van der Waals surface area contributed by atoms with E-state index in [1.807, 2.05) is 0 Å². The maximum Gasteiger partial charge on any atom is 0.119 e. The Morgan fingerprint density at radius 1 is 0.792 bits per heavy atom. The van der Waals surface area contributed by atoms with Crippen LogP contribution in [-0.2, 0) is 4.74 Å². The molecule has 1 heterocycles. The van der Waals surface area contributed by atoms with Gasteiger partial charge >= 0.3 is 0 Å². The third-order valence-corrected chi connectivity index (χ3v) is 7.15. The first-order valence-corrected chi connectivity index (χ1v) is 10.1. The summed E-state index contributed by atoms with van der Waals surface area (Å²) >= 11 is 0. The molecule has 0 spiro atoms. The molecule has 1 fully saturated rings. The van der Waals surface area contributed by atoms with Crippen LogP contribution in [0.25, 0.3) is 0 Å². The summed E-state index contributed by atoms with van der Waals surface area (Å²) in [5.74, 6) is 5.01. The van der Waals surface area contributed by atoms with Gasteiger partial charge in [-0.1, -0.05) is 81.4 Å². The predicted octanol–water partition coefficient (Wildman–Crippen LogP) is 6.71. The summed E-state index contributed by atoms with van der Waals surface area (Å²) in [5.41, 5.74) is 0.0266. The van der Waals surface area contributed by atoms with Gasteiger partial charge in [0.2, 0.25) is 0 Å². The lowest BCUT2D eigenvalue weighted by Crippen LogP contribution is -2.69. The molecule has 0 aromatic rings. The summed E-state index contributed by atoms with van der Waals surface area (Å²) in [4.78, 5) is 0. The zero-order valence-corrected chi connectivity index (χ0v) is 17.7. The van der Waals surface area contributed by atoms with Gasteiger partial charge in [0.05, 0.1) is 0 Å². The van der Waals surface area contributed by atoms with Gasteiger partial charge in [-0.15, -0.1) is 0 Å². The van der Waals surface area contributed by atoms with E-state index in [9.17, 15) is 0 Å². The topological polar surface area (TPSA) is 9.23 Å². The average Bonchev–Trinajstić information content (AvgIpc) is 2.90. The van der Waals surface area contributed by atoms with E-state index in [0.29, 0.717) is 41.4 Å². The van der Waals surface area contributed by atoms with Crippen molar-refractivity contribution >= 4 is 0 Å². The molecular weight excluding hydrogens is 292 g/mol. The molecule has 0 radical (unpaired) electrons. The molecule has 0 N–H and O–H groups in total. The molecule has 1 heteroatoms. The van der Waals surface area contributed by atoms with Gasteiger partial charge < -0.3 is 4.74 Å².